The summed E-state index contributed by atoms with van der Waals surface area (Å²) in [5.41, 5.74) is 2.83. The second-order valence-corrected chi connectivity index (χ2v) is 4.82. The van der Waals surface area contributed by atoms with Gasteiger partial charge in [0.2, 0.25) is 0 Å². The van der Waals surface area contributed by atoms with Crippen LogP contribution in [0.5, 0.6) is 0 Å². The molecule has 0 spiro atoms. The van der Waals surface area contributed by atoms with Crippen LogP contribution in [-0.4, -0.2) is 0 Å². The lowest BCUT2D eigenvalue weighted by atomic mass is 10.0. The smallest absolute Gasteiger partial charge is 0.0406 e. The molecule has 15 heavy (non-hydrogen) atoms. The Balaban J connectivity index is 2.47. The molecule has 0 aliphatic heterocycles. The molecule has 0 heterocycles. The molecule has 0 unspecified atom stereocenters. The highest BCUT2D eigenvalue weighted by Gasteiger charge is 1.96. The molecule has 0 nitrogen and oxygen atoms in total. The molecule has 82 valence electrons. The van der Waals surface area contributed by atoms with Gasteiger partial charge in [-0.05, 0) is 43.4 Å². The average molecular weight is 223 g/mol. The molecule has 0 fully saturated rings. The molecule has 0 radical (unpaired) electrons. The van der Waals surface area contributed by atoms with Gasteiger partial charge in [0.1, 0.15) is 0 Å². The second-order valence-electron chi connectivity index (χ2n) is 4.38. The van der Waals surface area contributed by atoms with Crippen molar-refractivity contribution in [2.75, 3.05) is 0 Å². The molecule has 1 heteroatoms. The largest absolute Gasteiger partial charge is 0.0843 e. The topological polar surface area (TPSA) is 0 Å². The fraction of sp³-hybridized carbons (Fsp3) is 0.429. The molecule has 0 saturated heterocycles. The third kappa shape index (κ3) is 5.03. The molecule has 0 aliphatic carbocycles. The highest BCUT2D eigenvalue weighted by Crippen LogP contribution is 2.14. The van der Waals surface area contributed by atoms with Gasteiger partial charge in [-0.2, -0.15) is 0 Å². The third-order valence-electron chi connectivity index (χ3n) is 2.34. The highest BCUT2D eigenvalue weighted by molar-refractivity contribution is 6.30. The van der Waals surface area contributed by atoms with Crippen molar-refractivity contribution in [2.24, 2.45) is 5.92 Å². The Hall–Kier alpha value is -0.750. The fourth-order valence-electron chi connectivity index (χ4n) is 1.64. The molecule has 0 aromatic heterocycles. The Bertz CT molecular complexity index is 320. The van der Waals surface area contributed by atoms with Gasteiger partial charge in [-0.15, -0.1) is 0 Å². The summed E-state index contributed by atoms with van der Waals surface area (Å²) in [7, 11) is 0. The molecule has 0 atom stereocenters. The van der Waals surface area contributed by atoms with Crippen molar-refractivity contribution >= 4 is 11.6 Å². The molecule has 0 bridgehead atoms. The van der Waals surface area contributed by atoms with E-state index in [-0.39, 0.29) is 0 Å². The van der Waals surface area contributed by atoms with Crippen molar-refractivity contribution in [3.05, 3.63) is 46.5 Å². The third-order valence-corrected chi connectivity index (χ3v) is 2.59. The molecular formula is C14H19Cl. The van der Waals surface area contributed by atoms with Crippen LogP contribution < -0.4 is 0 Å². The molecular weight excluding hydrogens is 204 g/mol. The monoisotopic (exact) mass is 222 g/mol. The minimum absolute atomic E-state index is 0.648. The Labute approximate surface area is 98.0 Å². The summed E-state index contributed by atoms with van der Waals surface area (Å²) in [5.74, 6) is 0.648. The van der Waals surface area contributed by atoms with Gasteiger partial charge in [-0.25, -0.2) is 0 Å². The van der Waals surface area contributed by atoms with Gasteiger partial charge >= 0.3 is 0 Å². The summed E-state index contributed by atoms with van der Waals surface area (Å²) in [6.07, 6.45) is 4.57. The minimum Gasteiger partial charge on any atom is -0.0843 e. The summed E-state index contributed by atoms with van der Waals surface area (Å²) in [4.78, 5) is 0. The summed E-state index contributed by atoms with van der Waals surface area (Å²) in [5, 5.41) is 0.813. The quantitative estimate of drug-likeness (QED) is 0.638. The molecule has 0 saturated carbocycles. The Morgan fingerprint density at radius 1 is 1.27 bits per heavy atom. The summed E-state index contributed by atoms with van der Waals surface area (Å²) in [6.45, 7) is 6.63. The van der Waals surface area contributed by atoms with Crippen molar-refractivity contribution in [2.45, 2.75) is 33.6 Å². The number of benzene rings is 1. The zero-order chi connectivity index (χ0) is 11.3. The number of hydrogen-bond acceptors (Lipinski definition) is 0. The van der Waals surface area contributed by atoms with E-state index in [9.17, 15) is 0 Å². The predicted molar refractivity (Wildman–Crippen MR) is 68.4 cm³/mol. The Morgan fingerprint density at radius 2 is 1.87 bits per heavy atom. The lowest BCUT2D eigenvalue weighted by molar-refractivity contribution is 0.803. The second kappa shape index (κ2) is 5.97. The SMILES string of the molecule is C/C(=C/C(C)C)CCc1ccc(Cl)cc1. The summed E-state index contributed by atoms with van der Waals surface area (Å²) >= 11 is 5.83. The van der Waals surface area contributed by atoms with Gasteiger partial charge in [0.25, 0.3) is 0 Å². The van der Waals surface area contributed by atoms with E-state index in [2.05, 4.69) is 39.0 Å². The molecule has 1 aromatic carbocycles. The van der Waals surface area contributed by atoms with Gasteiger partial charge in [-0.3, -0.25) is 0 Å². The fourth-order valence-corrected chi connectivity index (χ4v) is 1.77. The Morgan fingerprint density at radius 3 is 2.40 bits per heavy atom. The van der Waals surface area contributed by atoms with Crippen LogP contribution in [0.1, 0.15) is 32.8 Å². The highest BCUT2D eigenvalue weighted by atomic mass is 35.5. The summed E-state index contributed by atoms with van der Waals surface area (Å²) < 4.78 is 0. The van der Waals surface area contributed by atoms with E-state index in [1.54, 1.807) is 0 Å². The van der Waals surface area contributed by atoms with E-state index < -0.39 is 0 Å². The van der Waals surface area contributed by atoms with Crippen LogP contribution in [0.15, 0.2) is 35.9 Å². The van der Waals surface area contributed by atoms with Crippen molar-refractivity contribution in [1.82, 2.24) is 0 Å². The number of rotatable bonds is 4. The van der Waals surface area contributed by atoms with Crippen molar-refractivity contribution in [3.63, 3.8) is 0 Å². The van der Waals surface area contributed by atoms with Gasteiger partial charge in [0.15, 0.2) is 0 Å². The van der Waals surface area contributed by atoms with E-state index in [1.807, 2.05) is 12.1 Å². The van der Waals surface area contributed by atoms with Gasteiger partial charge in [-0.1, -0.05) is 49.2 Å². The first-order valence-corrected chi connectivity index (χ1v) is 5.87. The minimum atomic E-state index is 0.648. The number of hydrogen-bond donors (Lipinski definition) is 0. The number of allylic oxidation sites excluding steroid dienone is 2. The van der Waals surface area contributed by atoms with Crippen molar-refractivity contribution in [3.8, 4) is 0 Å². The Kier molecular flexibility index (Phi) is 4.90. The molecule has 1 aromatic rings. The van der Waals surface area contributed by atoms with E-state index >= 15 is 0 Å². The number of halogens is 1. The van der Waals surface area contributed by atoms with Crippen LogP contribution in [0.25, 0.3) is 0 Å². The standard InChI is InChI=1S/C14H19Cl/c1-11(2)10-12(3)4-5-13-6-8-14(15)9-7-13/h6-11H,4-5H2,1-3H3/b12-10-. The van der Waals surface area contributed by atoms with E-state index in [1.165, 1.54) is 11.1 Å². The zero-order valence-electron chi connectivity index (χ0n) is 9.76. The van der Waals surface area contributed by atoms with Crippen LogP contribution in [-0.2, 0) is 6.42 Å². The van der Waals surface area contributed by atoms with Crippen LogP contribution in [0.2, 0.25) is 5.02 Å². The number of aryl methyl sites for hydroxylation is 1. The normalized spacial score (nSPS) is 12.2. The van der Waals surface area contributed by atoms with Gasteiger partial charge in [0, 0.05) is 5.02 Å². The predicted octanol–water partition coefficient (Wildman–Crippen LogP) is 4.87. The first-order chi connectivity index (χ1) is 7.08. The zero-order valence-corrected chi connectivity index (χ0v) is 10.5. The van der Waals surface area contributed by atoms with Crippen molar-refractivity contribution < 1.29 is 0 Å². The van der Waals surface area contributed by atoms with Crippen LogP contribution in [0.3, 0.4) is 0 Å². The lowest BCUT2D eigenvalue weighted by Crippen LogP contribution is -1.88. The van der Waals surface area contributed by atoms with E-state index in [0.29, 0.717) is 5.92 Å². The van der Waals surface area contributed by atoms with E-state index in [0.717, 1.165) is 17.9 Å². The molecule has 0 N–H and O–H groups in total. The molecule has 0 amide bonds. The maximum atomic E-state index is 5.83. The van der Waals surface area contributed by atoms with Crippen LogP contribution in [0.4, 0.5) is 0 Å². The van der Waals surface area contributed by atoms with E-state index in [4.69, 9.17) is 11.6 Å². The van der Waals surface area contributed by atoms with Gasteiger partial charge < -0.3 is 0 Å². The lowest BCUT2D eigenvalue weighted by Gasteiger charge is -2.04. The maximum absolute atomic E-state index is 5.83. The van der Waals surface area contributed by atoms with Crippen molar-refractivity contribution in [1.29, 1.82) is 0 Å². The first kappa shape index (κ1) is 12.3. The first-order valence-electron chi connectivity index (χ1n) is 5.49. The average Bonchev–Trinajstić information content (AvgIpc) is 2.16. The van der Waals surface area contributed by atoms with Gasteiger partial charge in [0.05, 0.1) is 0 Å². The van der Waals surface area contributed by atoms with Crippen LogP contribution >= 0.6 is 11.6 Å². The molecule has 1 rings (SSSR count). The summed E-state index contributed by atoms with van der Waals surface area (Å²) in [6, 6.07) is 8.12. The maximum Gasteiger partial charge on any atom is 0.0406 e. The van der Waals surface area contributed by atoms with Crippen LogP contribution in [0, 0.1) is 5.92 Å². The molecule has 0 aliphatic rings.